The number of hydrogen-bond donors (Lipinski definition) is 0. The average Bonchev–Trinajstić information content (AvgIpc) is 3.85. The van der Waals surface area contributed by atoms with Crippen molar-refractivity contribution in [1.29, 1.82) is 0 Å². The second kappa shape index (κ2) is 11.2. The van der Waals surface area contributed by atoms with Gasteiger partial charge in [-0.3, -0.25) is 0 Å². The van der Waals surface area contributed by atoms with E-state index in [4.69, 9.17) is 9.15 Å². The highest BCUT2D eigenvalue weighted by molar-refractivity contribution is 6.13. The van der Waals surface area contributed by atoms with Crippen molar-refractivity contribution in [2.75, 3.05) is 0 Å². The first-order chi connectivity index (χ1) is 25.8. The molecule has 11 aromatic rings. The lowest BCUT2D eigenvalue weighted by molar-refractivity contribution is 0.483. The number of furan rings is 1. The summed E-state index contributed by atoms with van der Waals surface area (Å²) in [7, 11) is 0. The van der Waals surface area contributed by atoms with E-state index in [9.17, 15) is 0 Å². The van der Waals surface area contributed by atoms with Gasteiger partial charge in [-0.25, -0.2) is 0 Å². The fourth-order valence-corrected chi connectivity index (χ4v) is 8.01. The third-order valence-electron chi connectivity index (χ3n) is 10.4. The second-order valence-electron chi connectivity index (χ2n) is 13.4. The van der Waals surface area contributed by atoms with Crippen LogP contribution in [0.25, 0.3) is 88.1 Å². The van der Waals surface area contributed by atoms with Crippen LogP contribution in [0.15, 0.2) is 186 Å². The molecule has 4 nitrogen and oxygen atoms in total. The van der Waals surface area contributed by atoms with E-state index < -0.39 is 0 Å². The number of fused-ring (bicyclic) bond motifs is 9. The molecule has 0 bridgehead atoms. The first-order valence-electron chi connectivity index (χ1n) is 17.6. The van der Waals surface area contributed by atoms with Crippen LogP contribution >= 0.6 is 0 Å². The minimum atomic E-state index is 0.813. The summed E-state index contributed by atoms with van der Waals surface area (Å²) in [5.41, 5.74) is 11.0. The molecule has 8 aromatic carbocycles. The number of hydrogen-bond acceptors (Lipinski definition) is 2. The Bertz CT molecular complexity index is 3150. The number of aromatic nitrogens is 2. The molecule has 3 heterocycles. The Morgan fingerprint density at radius 1 is 0.327 bits per heavy atom. The number of para-hydroxylation sites is 4. The standard InChI is InChI=1S/C48H30N2O2/c1-3-11-33(12-4-1)49-43-17-9-7-15-37(43)39-27-31(19-23-45(39)49)32-20-25-47-41(28-32)42-29-34(21-26-48(42)52-47)50-44-18-10-8-16-38(44)40-30-36(22-24-46(40)50)51-35-13-5-2-6-14-35/h1-30H. The number of ether oxygens (including phenoxy) is 1. The molecule has 0 aliphatic rings. The van der Waals surface area contributed by atoms with E-state index in [1.807, 2.05) is 30.3 Å². The summed E-state index contributed by atoms with van der Waals surface area (Å²) in [4.78, 5) is 0. The van der Waals surface area contributed by atoms with E-state index in [1.54, 1.807) is 0 Å². The molecule has 244 valence electrons. The molecule has 0 spiro atoms. The summed E-state index contributed by atoms with van der Waals surface area (Å²) in [5, 5.41) is 6.99. The molecular weight excluding hydrogens is 637 g/mol. The topological polar surface area (TPSA) is 32.2 Å². The van der Waals surface area contributed by atoms with Gasteiger partial charge in [0.15, 0.2) is 0 Å². The van der Waals surface area contributed by atoms with Crippen LogP contribution in [-0.2, 0) is 0 Å². The molecule has 0 radical (unpaired) electrons. The fraction of sp³-hybridized carbons (Fsp3) is 0. The maximum atomic E-state index is 6.41. The van der Waals surface area contributed by atoms with Crippen molar-refractivity contribution >= 4 is 65.6 Å². The van der Waals surface area contributed by atoms with Crippen LogP contribution in [0.2, 0.25) is 0 Å². The van der Waals surface area contributed by atoms with Crippen molar-refractivity contribution in [2.45, 2.75) is 0 Å². The van der Waals surface area contributed by atoms with E-state index in [-0.39, 0.29) is 0 Å². The lowest BCUT2D eigenvalue weighted by Crippen LogP contribution is -1.93. The molecule has 3 aromatic heterocycles. The molecule has 0 N–H and O–H groups in total. The molecule has 0 saturated carbocycles. The molecule has 0 atom stereocenters. The Morgan fingerprint density at radius 2 is 0.846 bits per heavy atom. The van der Waals surface area contributed by atoms with Gasteiger partial charge in [0.25, 0.3) is 0 Å². The summed E-state index contributed by atoms with van der Waals surface area (Å²) < 4.78 is 17.3. The maximum Gasteiger partial charge on any atom is 0.135 e. The Morgan fingerprint density at radius 3 is 1.58 bits per heavy atom. The van der Waals surface area contributed by atoms with Crippen molar-refractivity contribution < 1.29 is 9.15 Å². The van der Waals surface area contributed by atoms with E-state index in [1.165, 1.54) is 32.8 Å². The summed E-state index contributed by atoms with van der Waals surface area (Å²) in [5.74, 6) is 1.63. The van der Waals surface area contributed by atoms with Gasteiger partial charge in [0.2, 0.25) is 0 Å². The summed E-state index contributed by atoms with van der Waals surface area (Å²) in [6.45, 7) is 0. The Balaban J connectivity index is 1.05. The molecule has 4 heteroatoms. The Hall–Kier alpha value is -7.04. The van der Waals surface area contributed by atoms with Gasteiger partial charge >= 0.3 is 0 Å². The van der Waals surface area contributed by atoms with Gasteiger partial charge in [-0.1, -0.05) is 84.9 Å². The molecule has 52 heavy (non-hydrogen) atoms. The van der Waals surface area contributed by atoms with Gasteiger partial charge in [0, 0.05) is 43.7 Å². The lowest BCUT2D eigenvalue weighted by atomic mass is 10.0. The van der Waals surface area contributed by atoms with Crippen LogP contribution in [0.1, 0.15) is 0 Å². The number of benzene rings is 8. The quantitative estimate of drug-likeness (QED) is 0.183. The van der Waals surface area contributed by atoms with Crippen molar-refractivity contribution in [3.8, 4) is 34.0 Å². The first-order valence-corrected chi connectivity index (χ1v) is 17.6. The van der Waals surface area contributed by atoms with Crippen LogP contribution in [0.5, 0.6) is 11.5 Å². The zero-order valence-corrected chi connectivity index (χ0v) is 28.0. The molecule has 0 unspecified atom stereocenters. The van der Waals surface area contributed by atoms with Crippen LogP contribution in [0.4, 0.5) is 0 Å². The highest BCUT2D eigenvalue weighted by Gasteiger charge is 2.17. The van der Waals surface area contributed by atoms with Crippen LogP contribution in [0.3, 0.4) is 0 Å². The van der Waals surface area contributed by atoms with Crippen molar-refractivity contribution in [3.05, 3.63) is 182 Å². The molecular formula is C48H30N2O2. The van der Waals surface area contributed by atoms with E-state index in [2.05, 4.69) is 161 Å². The van der Waals surface area contributed by atoms with Gasteiger partial charge in [0.1, 0.15) is 22.7 Å². The van der Waals surface area contributed by atoms with E-state index in [0.717, 1.165) is 66.8 Å². The molecule has 0 saturated heterocycles. The van der Waals surface area contributed by atoms with Crippen LogP contribution in [0, 0.1) is 0 Å². The number of nitrogens with zero attached hydrogens (tertiary/aromatic N) is 2. The SMILES string of the molecule is c1ccc(Oc2ccc3c(c2)c2ccccc2n3-c2ccc3oc4ccc(-c5ccc6c(c5)c5ccccc5n6-c5ccccc5)cc4c3c2)cc1. The maximum absolute atomic E-state index is 6.41. The fourth-order valence-electron chi connectivity index (χ4n) is 8.01. The van der Waals surface area contributed by atoms with Gasteiger partial charge in [-0.05, 0) is 108 Å². The van der Waals surface area contributed by atoms with Gasteiger partial charge < -0.3 is 18.3 Å². The highest BCUT2D eigenvalue weighted by Crippen LogP contribution is 2.40. The van der Waals surface area contributed by atoms with Crippen molar-refractivity contribution in [2.24, 2.45) is 0 Å². The molecule has 11 rings (SSSR count). The Kier molecular flexibility index (Phi) is 6.22. The van der Waals surface area contributed by atoms with Crippen molar-refractivity contribution in [1.82, 2.24) is 9.13 Å². The first kappa shape index (κ1) is 28.8. The van der Waals surface area contributed by atoms with Gasteiger partial charge in [-0.2, -0.15) is 0 Å². The average molecular weight is 667 g/mol. The third-order valence-corrected chi connectivity index (χ3v) is 10.4. The summed E-state index contributed by atoms with van der Waals surface area (Å²) in [6, 6.07) is 64.0. The van der Waals surface area contributed by atoms with Crippen LogP contribution in [-0.4, -0.2) is 9.13 Å². The molecule has 0 aliphatic carbocycles. The molecule has 0 aliphatic heterocycles. The monoisotopic (exact) mass is 666 g/mol. The third kappa shape index (κ3) is 4.41. The predicted molar refractivity (Wildman–Crippen MR) is 214 cm³/mol. The minimum absolute atomic E-state index is 0.813. The summed E-state index contributed by atoms with van der Waals surface area (Å²) in [6.07, 6.45) is 0. The number of rotatable bonds is 5. The molecule has 0 fully saturated rings. The zero-order chi connectivity index (χ0) is 34.2. The second-order valence-corrected chi connectivity index (χ2v) is 13.4. The smallest absolute Gasteiger partial charge is 0.135 e. The normalized spacial score (nSPS) is 11.8. The van der Waals surface area contributed by atoms with E-state index >= 15 is 0 Å². The largest absolute Gasteiger partial charge is 0.457 e. The van der Waals surface area contributed by atoms with Crippen molar-refractivity contribution in [3.63, 3.8) is 0 Å². The predicted octanol–water partition coefficient (Wildman–Crippen LogP) is 13.2. The van der Waals surface area contributed by atoms with E-state index in [0.29, 0.717) is 0 Å². The van der Waals surface area contributed by atoms with Gasteiger partial charge in [-0.15, -0.1) is 0 Å². The van der Waals surface area contributed by atoms with Gasteiger partial charge in [0.05, 0.1) is 22.1 Å². The van der Waals surface area contributed by atoms with Crippen LogP contribution < -0.4 is 4.74 Å². The zero-order valence-electron chi connectivity index (χ0n) is 28.0. The lowest BCUT2D eigenvalue weighted by Gasteiger charge is -2.09. The summed E-state index contributed by atoms with van der Waals surface area (Å²) >= 11 is 0. The Labute approximate surface area is 298 Å². The highest BCUT2D eigenvalue weighted by atomic mass is 16.5. The minimum Gasteiger partial charge on any atom is -0.457 e. The molecule has 0 amide bonds.